The maximum atomic E-state index is 13.1. The SMILES string of the molecule is Cc1ccc2oc(C(=O)NCc3ccc(N(C)C)cc3)c(-c3ccc(Cl)cc3)c2c1. The minimum Gasteiger partial charge on any atom is -0.450 e. The van der Waals surface area contributed by atoms with E-state index in [-0.39, 0.29) is 5.91 Å². The van der Waals surface area contributed by atoms with Crippen LogP contribution in [0.3, 0.4) is 0 Å². The van der Waals surface area contributed by atoms with Crippen molar-refractivity contribution in [2.24, 2.45) is 0 Å². The van der Waals surface area contributed by atoms with Crippen LogP contribution in [0.15, 0.2) is 71.1 Å². The molecule has 0 aliphatic heterocycles. The van der Waals surface area contributed by atoms with Crippen molar-refractivity contribution in [3.63, 3.8) is 0 Å². The normalized spacial score (nSPS) is 10.9. The number of hydrogen-bond acceptors (Lipinski definition) is 3. The van der Waals surface area contributed by atoms with Gasteiger partial charge >= 0.3 is 0 Å². The van der Waals surface area contributed by atoms with Crippen LogP contribution in [0.2, 0.25) is 5.02 Å². The Morgan fingerprint density at radius 3 is 2.37 bits per heavy atom. The second-order valence-electron chi connectivity index (χ2n) is 7.56. The number of rotatable bonds is 5. The molecule has 0 saturated heterocycles. The second kappa shape index (κ2) is 8.25. The predicted octanol–water partition coefficient (Wildman–Crippen LogP) is 6.06. The topological polar surface area (TPSA) is 45.5 Å². The highest BCUT2D eigenvalue weighted by atomic mass is 35.5. The molecule has 0 unspecified atom stereocenters. The van der Waals surface area contributed by atoms with E-state index in [0.717, 1.165) is 33.3 Å². The van der Waals surface area contributed by atoms with Gasteiger partial charge in [-0.05, 0) is 54.4 Å². The van der Waals surface area contributed by atoms with Crippen LogP contribution < -0.4 is 10.2 Å². The number of hydrogen-bond donors (Lipinski definition) is 1. The summed E-state index contributed by atoms with van der Waals surface area (Å²) in [6.07, 6.45) is 0. The van der Waals surface area contributed by atoms with Crippen molar-refractivity contribution in [1.29, 1.82) is 0 Å². The van der Waals surface area contributed by atoms with Crippen LogP contribution in [-0.2, 0) is 6.54 Å². The van der Waals surface area contributed by atoms with Crippen LogP contribution in [-0.4, -0.2) is 20.0 Å². The first-order valence-electron chi connectivity index (χ1n) is 9.76. The zero-order valence-electron chi connectivity index (χ0n) is 17.2. The molecule has 152 valence electrons. The van der Waals surface area contributed by atoms with Gasteiger partial charge in [-0.25, -0.2) is 0 Å². The highest BCUT2D eigenvalue weighted by molar-refractivity contribution is 6.30. The minimum atomic E-state index is -0.245. The molecule has 0 aliphatic carbocycles. The third kappa shape index (κ3) is 4.05. The Labute approximate surface area is 181 Å². The van der Waals surface area contributed by atoms with Gasteiger partial charge in [0.1, 0.15) is 5.58 Å². The van der Waals surface area contributed by atoms with Crippen molar-refractivity contribution in [2.45, 2.75) is 13.5 Å². The van der Waals surface area contributed by atoms with Gasteiger partial charge in [-0.3, -0.25) is 4.79 Å². The molecular formula is C25H23ClN2O2. The summed E-state index contributed by atoms with van der Waals surface area (Å²) in [5.74, 6) is 0.0633. The van der Waals surface area contributed by atoms with E-state index in [2.05, 4.69) is 5.32 Å². The quantitative estimate of drug-likeness (QED) is 0.428. The number of nitrogens with zero attached hydrogens (tertiary/aromatic N) is 1. The Hall–Kier alpha value is -3.24. The van der Waals surface area contributed by atoms with Crippen LogP contribution >= 0.6 is 11.6 Å². The average Bonchev–Trinajstić information content (AvgIpc) is 3.11. The van der Waals surface area contributed by atoms with Gasteiger partial charge < -0.3 is 14.6 Å². The molecule has 0 saturated carbocycles. The Balaban J connectivity index is 1.66. The molecule has 30 heavy (non-hydrogen) atoms. The summed E-state index contributed by atoms with van der Waals surface area (Å²) in [4.78, 5) is 15.1. The first kappa shape index (κ1) is 20.0. The summed E-state index contributed by atoms with van der Waals surface area (Å²) in [6, 6.07) is 21.5. The molecule has 4 rings (SSSR count). The molecule has 0 spiro atoms. The Morgan fingerprint density at radius 1 is 1.00 bits per heavy atom. The molecule has 0 aliphatic rings. The monoisotopic (exact) mass is 418 g/mol. The molecule has 1 amide bonds. The summed E-state index contributed by atoms with van der Waals surface area (Å²) in [6.45, 7) is 2.44. The largest absolute Gasteiger partial charge is 0.450 e. The second-order valence-corrected chi connectivity index (χ2v) is 7.99. The number of carbonyl (C=O) groups is 1. The van der Waals surface area contributed by atoms with Crippen molar-refractivity contribution in [1.82, 2.24) is 5.32 Å². The van der Waals surface area contributed by atoms with Crippen molar-refractivity contribution in [3.8, 4) is 11.1 Å². The van der Waals surface area contributed by atoms with Crippen LogP contribution in [0.25, 0.3) is 22.1 Å². The molecule has 0 bridgehead atoms. The maximum absolute atomic E-state index is 13.1. The van der Waals surface area contributed by atoms with Gasteiger partial charge in [0, 0.05) is 42.3 Å². The third-order valence-electron chi connectivity index (χ3n) is 5.09. The lowest BCUT2D eigenvalue weighted by atomic mass is 10.0. The smallest absolute Gasteiger partial charge is 0.287 e. The maximum Gasteiger partial charge on any atom is 0.287 e. The van der Waals surface area contributed by atoms with Crippen molar-refractivity contribution >= 4 is 34.2 Å². The van der Waals surface area contributed by atoms with E-state index in [0.29, 0.717) is 22.9 Å². The van der Waals surface area contributed by atoms with Gasteiger partial charge in [-0.1, -0.05) is 47.5 Å². The third-order valence-corrected chi connectivity index (χ3v) is 5.34. The number of carbonyl (C=O) groups excluding carboxylic acids is 1. The van der Waals surface area contributed by atoms with E-state index in [4.69, 9.17) is 16.0 Å². The molecule has 1 heterocycles. The molecule has 3 aromatic carbocycles. The lowest BCUT2D eigenvalue weighted by molar-refractivity contribution is 0.0926. The van der Waals surface area contributed by atoms with Gasteiger partial charge in [0.15, 0.2) is 0 Å². The fourth-order valence-corrected chi connectivity index (χ4v) is 3.58. The van der Waals surface area contributed by atoms with Gasteiger partial charge in [0.25, 0.3) is 5.91 Å². The van der Waals surface area contributed by atoms with E-state index in [9.17, 15) is 4.79 Å². The molecule has 0 fully saturated rings. The fraction of sp³-hybridized carbons (Fsp3) is 0.160. The van der Waals surface area contributed by atoms with E-state index in [1.807, 2.05) is 92.6 Å². The van der Waals surface area contributed by atoms with Gasteiger partial charge in [0.2, 0.25) is 5.76 Å². The highest BCUT2D eigenvalue weighted by Gasteiger charge is 2.22. The number of aryl methyl sites for hydroxylation is 1. The molecular weight excluding hydrogens is 396 g/mol. The first-order chi connectivity index (χ1) is 14.4. The van der Waals surface area contributed by atoms with Gasteiger partial charge in [0.05, 0.1) is 0 Å². The molecule has 4 aromatic rings. The number of halogens is 1. The van der Waals surface area contributed by atoms with Crippen molar-refractivity contribution in [3.05, 3.63) is 88.6 Å². The number of benzene rings is 3. The molecule has 1 N–H and O–H groups in total. The van der Waals surface area contributed by atoms with Crippen molar-refractivity contribution in [2.75, 3.05) is 19.0 Å². The van der Waals surface area contributed by atoms with Crippen LogP contribution in [0, 0.1) is 6.92 Å². The molecule has 1 aromatic heterocycles. The number of nitrogens with one attached hydrogen (secondary N) is 1. The fourth-order valence-electron chi connectivity index (χ4n) is 3.45. The van der Waals surface area contributed by atoms with Crippen LogP contribution in [0.1, 0.15) is 21.7 Å². The predicted molar refractivity (Wildman–Crippen MR) is 123 cm³/mol. The zero-order valence-corrected chi connectivity index (χ0v) is 18.0. The zero-order chi connectivity index (χ0) is 21.3. The van der Waals surface area contributed by atoms with E-state index in [1.165, 1.54) is 0 Å². The summed E-state index contributed by atoms with van der Waals surface area (Å²) in [5, 5.41) is 4.55. The summed E-state index contributed by atoms with van der Waals surface area (Å²) < 4.78 is 5.99. The lowest BCUT2D eigenvalue weighted by Gasteiger charge is -2.13. The Morgan fingerprint density at radius 2 is 1.70 bits per heavy atom. The van der Waals surface area contributed by atoms with Crippen LogP contribution in [0.5, 0.6) is 0 Å². The Bertz CT molecular complexity index is 1190. The van der Waals surface area contributed by atoms with Gasteiger partial charge in [-0.15, -0.1) is 0 Å². The van der Waals surface area contributed by atoms with E-state index in [1.54, 1.807) is 0 Å². The van der Waals surface area contributed by atoms with Gasteiger partial charge in [-0.2, -0.15) is 0 Å². The summed E-state index contributed by atoms with van der Waals surface area (Å²) in [5.41, 5.74) is 5.60. The summed E-state index contributed by atoms with van der Waals surface area (Å²) >= 11 is 6.06. The molecule has 0 atom stereocenters. The molecule has 0 radical (unpaired) electrons. The number of anilines is 1. The average molecular weight is 419 g/mol. The standard InChI is InChI=1S/C25H23ClN2O2/c1-16-4-13-22-21(14-16)23(18-7-9-19(26)10-8-18)24(30-22)25(29)27-15-17-5-11-20(12-6-17)28(2)3/h4-14H,15H2,1-3H3,(H,27,29). The van der Waals surface area contributed by atoms with Crippen LogP contribution in [0.4, 0.5) is 5.69 Å². The highest BCUT2D eigenvalue weighted by Crippen LogP contribution is 2.36. The minimum absolute atomic E-state index is 0.245. The number of fused-ring (bicyclic) bond motifs is 1. The summed E-state index contributed by atoms with van der Waals surface area (Å²) in [7, 11) is 4.00. The van der Waals surface area contributed by atoms with Crippen molar-refractivity contribution < 1.29 is 9.21 Å². The lowest BCUT2D eigenvalue weighted by Crippen LogP contribution is -2.23. The first-order valence-corrected chi connectivity index (χ1v) is 10.1. The van der Waals surface area contributed by atoms with E-state index < -0.39 is 0 Å². The molecule has 4 nitrogen and oxygen atoms in total. The number of furan rings is 1. The number of amides is 1. The van der Waals surface area contributed by atoms with E-state index >= 15 is 0 Å². The Kier molecular flexibility index (Phi) is 5.51. The molecule has 5 heteroatoms.